The summed E-state index contributed by atoms with van der Waals surface area (Å²) in [7, 11) is -3.70. The van der Waals surface area contributed by atoms with Gasteiger partial charge in [-0.3, -0.25) is 0 Å². The third-order valence-electron chi connectivity index (χ3n) is 2.47. The van der Waals surface area contributed by atoms with Gasteiger partial charge in [0.15, 0.2) is 0 Å². The molecule has 0 aliphatic heterocycles. The molecule has 5 nitrogen and oxygen atoms in total. The van der Waals surface area contributed by atoms with Crippen molar-refractivity contribution in [1.29, 1.82) is 0 Å². The number of sulfonamides is 1. The average molecular weight is 313 g/mol. The molecule has 0 saturated carbocycles. The average Bonchev–Trinajstić information content (AvgIpc) is 2.38. The Morgan fingerprint density at radius 1 is 1.50 bits per heavy atom. The molecule has 0 aliphatic carbocycles. The van der Waals surface area contributed by atoms with Gasteiger partial charge in [0.05, 0.1) is 16.2 Å². The van der Waals surface area contributed by atoms with Crippen molar-refractivity contribution in [2.75, 3.05) is 18.1 Å². The number of hydrogen-bond donors (Lipinski definition) is 2. The number of aromatic carboxylic acids is 1. The molecule has 0 heterocycles. The minimum Gasteiger partial charge on any atom is -0.478 e. The maximum absolute atomic E-state index is 12.0. The van der Waals surface area contributed by atoms with Gasteiger partial charge in [0.25, 0.3) is 0 Å². The summed E-state index contributed by atoms with van der Waals surface area (Å²) in [4.78, 5) is 10.9. The first-order valence-corrected chi connectivity index (χ1v) is 8.37. The molecule has 0 radical (unpaired) electrons. The first kappa shape index (κ1) is 16.6. The van der Waals surface area contributed by atoms with Gasteiger partial charge in [0.2, 0.25) is 10.0 Å². The Kier molecular flexibility index (Phi) is 6.07. The van der Waals surface area contributed by atoms with E-state index >= 15 is 0 Å². The monoisotopic (exact) mass is 313 g/mol. The highest BCUT2D eigenvalue weighted by Crippen LogP contribution is 2.15. The van der Waals surface area contributed by atoms with E-state index in [1.165, 1.54) is 23.9 Å². The van der Waals surface area contributed by atoms with E-state index in [1.807, 2.05) is 0 Å². The number of nitrogens with one attached hydrogen (secondary N) is 1. The van der Waals surface area contributed by atoms with Crippen LogP contribution in [0.2, 0.25) is 0 Å². The van der Waals surface area contributed by atoms with Gasteiger partial charge in [-0.2, -0.15) is 0 Å². The molecule has 20 heavy (non-hydrogen) atoms. The Hall–Kier alpha value is -1.49. The summed E-state index contributed by atoms with van der Waals surface area (Å²) < 4.78 is 26.4. The van der Waals surface area contributed by atoms with E-state index in [2.05, 4.69) is 10.6 Å². The highest BCUT2D eigenvalue weighted by atomic mass is 32.2. The molecule has 1 aromatic carbocycles. The van der Waals surface area contributed by atoms with E-state index < -0.39 is 16.0 Å². The van der Waals surface area contributed by atoms with Crippen molar-refractivity contribution in [3.05, 3.63) is 29.3 Å². The van der Waals surface area contributed by atoms with E-state index in [9.17, 15) is 13.2 Å². The molecule has 0 spiro atoms. The van der Waals surface area contributed by atoms with Crippen LogP contribution < -0.4 is 4.72 Å². The number of rotatable bonds is 7. The zero-order chi connectivity index (χ0) is 15.2. The Balaban J connectivity index is 2.80. The lowest BCUT2D eigenvalue weighted by Gasteiger charge is -2.08. The van der Waals surface area contributed by atoms with Crippen LogP contribution in [0.4, 0.5) is 0 Å². The SMILES string of the molecule is C#CCSCCNS(=O)(=O)c1ccc(C)c(C(=O)O)c1. The van der Waals surface area contributed by atoms with Gasteiger partial charge >= 0.3 is 5.97 Å². The molecule has 0 bridgehead atoms. The fraction of sp³-hybridized carbons (Fsp3) is 0.308. The number of thioether (sulfide) groups is 1. The third-order valence-corrected chi connectivity index (χ3v) is 4.80. The highest BCUT2D eigenvalue weighted by molar-refractivity contribution is 7.99. The van der Waals surface area contributed by atoms with Crippen molar-refractivity contribution >= 4 is 27.8 Å². The third kappa shape index (κ3) is 4.56. The van der Waals surface area contributed by atoms with Gasteiger partial charge in [-0.1, -0.05) is 12.0 Å². The van der Waals surface area contributed by atoms with Crippen molar-refractivity contribution in [2.45, 2.75) is 11.8 Å². The second-order valence-corrected chi connectivity index (χ2v) is 6.81. The molecule has 0 aliphatic rings. The summed E-state index contributed by atoms with van der Waals surface area (Å²) in [5.41, 5.74) is 0.496. The minimum atomic E-state index is -3.70. The molecule has 108 valence electrons. The van der Waals surface area contributed by atoms with Crippen molar-refractivity contribution in [2.24, 2.45) is 0 Å². The zero-order valence-corrected chi connectivity index (χ0v) is 12.6. The van der Waals surface area contributed by atoms with E-state index in [0.29, 0.717) is 17.1 Å². The minimum absolute atomic E-state index is 0.0189. The Morgan fingerprint density at radius 2 is 2.20 bits per heavy atom. The predicted octanol–water partition coefficient (Wildman–Crippen LogP) is 1.34. The lowest BCUT2D eigenvalue weighted by molar-refractivity contribution is 0.0696. The van der Waals surface area contributed by atoms with Crippen LogP contribution in [0.15, 0.2) is 23.1 Å². The summed E-state index contributed by atoms with van der Waals surface area (Å²) in [6, 6.07) is 4.03. The second-order valence-electron chi connectivity index (χ2n) is 3.94. The van der Waals surface area contributed by atoms with Gasteiger partial charge in [0, 0.05) is 12.3 Å². The van der Waals surface area contributed by atoms with Crippen LogP contribution in [0.25, 0.3) is 0 Å². The van der Waals surface area contributed by atoms with Gasteiger partial charge in [0.1, 0.15) is 0 Å². The molecule has 1 rings (SSSR count). The fourth-order valence-electron chi connectivity index (χ4n) is 1.46. The number of carboxylic acids is 1. The number of hydrogen-bond acceptors (Lipinski definition) is 4. The molecule has 7 heteroatoms. The number of benzene rings is 1. The summed E-state index contributed by atoms with van der Waals surface area (Å²) >= 11 is 1.44. The van der Waals surface area contributed by atoms with E-state index in [-0.39, 0.29) is 17.0 Å². The summed E-state index contributed by atoms with van der Waals surface area (Å²) in [6.07, 6.45) is 5.08. The largest absolute Gasteiger partial charge is 0.478 e. The van der Waals surface area contributed by atoms with E-state index in [4.69, 9.17) is 11.5 Å². The first-order chi connectivity index (χ1) is 9.38. The van der Waals surface area contributed by atoms with Crippen molar-refractivity contribution in [3.63, 3.8) is 0 Å². The molecule has 0 aromatic heterocycles. The highest BCUT2D eigenvalue weighted by Gasteiger charge is 2.17. The van der Waals surface area contributed by atoms with Crippen molar-refractivity contribution in [3.8, 4) is 12.3 Å². The quantitative estimate of drug-likeness (QED) is 0.586. The van der Waals surface area contributed by atoms with E-state index in [0.717, 1.165) is 6.07 Å². The number of terminal acetylenes is 1. The van der Waals surface area contributed by atoms with Crippen LogP contribution in [0.5, 0.6) is 0 Å². The molecular formula is C13H15NO4S2. The normalized spacial score (nSPS) is 11.0. The Bertz CT molecular complexity index is 632. The summed E-state index contributed by atoms with van der Waals surface area (Å²) in [5, 5.41) is 8.99. The van der Waals surface area contributed by atoms with Crippen molar-refractivity contribution in [1.82, 2.24) is 4.72 Å². The van der Waals surface area contributed by atoms with Crippen LogP contribution in [-0.2, 0) is 10.0 Å². The molecule has 0 unspecified atom stereocenters. The van der Waals surface area contributed by atoms with Crippen LogP contribution in [-0.4, -0.2) is 37.5 Å². The smallest absolute Gasteiger partial charge is 0.335 e. The lowest BCUT2D eigenvalue weighted by Crippen LogP contribution is -2.26. The molecule has 2 N–H and O–H groups in total. The van der Waals surface area contributed by atoms with Crippen LogP contribution >= 0.6 is 11.8 Å². The summed E-state index contributed by atoms with van der Waals surface area (Å²) in [5.74, 6) is 2.37. The lowest BCUT2D eigenvalue weighted by atomic mass is 10.1. The van der Waals surface area contributed by atoms with Crippen LogP contribution in [0, 0.1) is 19.3 Å². The van der Waals surface area contributed by atoms with Crippen LogP contribution in [0.3, 0.4) is 0 Å². The molecule has 0 fully saturated rings. The number of carboxylic acid groups (broad SMARTS) is 1. The van der Waals surface area contributed by atoms with Gasteiger partial charge in [-0.15, -0.1) is 18.2 Å². The molecule has 0 saturated heterocycles. The van der Waals surface area contributed by atoms with Crippen LogP contribution in [0.1, 0.15) is 15.9 Å². The Morgan fingerprint density at radius 3 is 2.80 bits per heavy atom. The first-order valence-electron chi connectivity index (χ1n) is 5.73. The molecule has 1 aromatic rings. The number of carbonyl (C=O) groups is 1. The standard InChI is InChI=1S/C13H15NO4S2/c1-3-7-19-8-6-14-20(17,18)11-5-4-10(2)12(9-11)13(15)16/h1,4-5,9,14H,6-8H2,2H3,(H,15,16). The van der Waals surface area contributed by atoms with E-state index in [1.54, 1.807) is 6.92 Å². The number of aryl methyl sites for hydroxylation is 1. The van der Waals surface area contributed by atoms with Gasteiger partial charge in [-0.25, -0.2) is 17.9 Å². The summed E-state index contributed by atoms with van der Waals surface area (Å²) in [6.45, 7) is 1.86. The maximum atomic E-state index is 12.0. The second kappa shape index (κ2) is 7.33. The topological polar surface area (TPSA) is 83.5 Å². The molecular weight excluding hydrogens is 298 g/mol. The fourth-order valence-corrected chi connectivity index (χ4v) is 3.16. The van der Waals surface area contributed by atoms with Gasteiger partial charge in [-0.05, 0) is 24.6 Å². The molecule has 0 atom stereocenters. The zero-order valence-electron chi connectivity index (χ0n) is 10.9. The van der Waals surface area contributed by atoms with Crippen molar-refractivity contribution < 1.29 is 18.3 Å². The molecule has 0 amide bonds. The maximum Gasteiger partial charge on any atom is 0.335 e. The Labute approximate surface area is 122 Å². The van der Waals surface area contributed by atoms with Gasteiger partial charge < -0.3 is 5.11 Å². The predicted molar refractivity (Wildman–Crippen MR) is 79.5 cm³/mol.